The summed E-state index contributed by atoms with van der Waals surface area (Å²) in [5.74, 6) is 0.332. The van der Waals surface area contributed by atoms with Crippen molar-refractivity contribution in [3.8, 4) is 0 Å². The third-order valence-corrected chi connectivity index (χ3v) is 1.10. The van der Waals surface area contributed by atoms with Gasteiger partial charge in [0.25, 0.3) is 0 Å². The van der Waals surface area contributed by atoms with E-state index in [9.17, 15) is 4.79 Å². The number of carbonyl (C=O) groups excluding carboxylic acids is 1. The van der Waals surface area contributed by atoms with Crippen molar-refractivity contribution in [2.75, 3.05) is 6.54 Å². The fourth-order valence-corrected chi connectivity index (χ4v) is 0.762. The Morgan fingerprint density at radius 1 is 1.78 bits per heavy atom. The molecule has 0 aliphatic carbocycles. The van der Waals surface area contributed by atoms with Gasteiger partial charge in [-0.2, -0.15) is 0 Å². The molecule has 1 rings (SSSR count). The molecule has 0 N–H and O–H groups in total. The van der Waals surface area contributed by atoms with Crippen molar-refractivity contribution in [2.45, 2.75) is 19.8 Å². The predicted octanol–water partition coefficient (Wildman–Crippen LogP) is 0.742. The SMILES string of the molecule is CC(=O)OC1=NCCC1. The summed E-state index contributed by atoms with van der Waals surface area (Å²) in [7, 11) is 0. The minimum absolute atomic E-state index is 0.268. The number of carbonyl (C=O) groups is 1. The molecule has 0 aromatic rings. The zero-order chi connectivity index (χ0) is 6.69. The average molecular weight is 127 g/mol. The monoisotopic (exact) mass is 127 g/mol. The minimum Gasteiger partial charge on any atom is -0.412 e. The van der Waals surface area contributed by atoms with Gasteiger partial charge in [0.1, 0.15) is 0 Å². The molecular weight excluding hydrogens is 118 g/mol. The first kappa shape index (κ1) is 6.26. The highest BCUT2D eigenvalue weighted by Crippen LogP contribution is 2.04. The first-order valence-corrected chi connectivity index (χ1v) is 3.01. The fraction of sp³-hybridized carbons (Fsp3) is 0.667. The van der Waals surface area contributed by atoms with E-state index in [2.05, 4.69) is 4.99 Å². The number of aliphatic imine (C=N–C) groups is 1. The summed E-state index contributed by atoms with van der Waals surface area (Å²) >= 11 is 0. The molecule has 0 amide bonds. The molecule has 0 fully saturated rings. The molecule has 9 heavy (non-hydrogen) atoms. The zero-order valence-electron chi connectivity index (χ0n) is 5.39. The van der Waals surface area contributed by atoms with Crippen molar-refractivity contribution in [2.24, 2.45) is 4.99 Å². The second-order valence-corrected chi connectivity index (χ2v) is 1.97. The van der Waals surface area contributed by atoms with E-state index in [1.807, 2.05) is 0 Å². The molecule has 0 saturated carbocycles. The van der Waals surface area contributed by atoms with Crippen LogP contribution in [0.3, 0.4) is 0 Å². The van der Waals surface area contributed by atoms with E-state index in [0.717, 1.165) is 19.4 Å². The molecule has 0 bridgehead atoms. The summed E-state index contributed by atoms with van der Waals surface area (Å²) in [5, 5.41) is 0. The Balaban J connectivity index is 2.35. The normalized spacial score (nSPS) is 17.2. The summed E-state index contributed by atoms with van der Waals surface area (Å²) in [6.07, 6.45) is 1.84. The lowest BCUT2D eigenvalue weighted by molar-refractivity contribution is -0.133. The number of hydrogen-bond acceptors (Lipinski definition) is 3. The fourth-order valence-electron chi connectivity index (χ4n) is 0.762. The summed E-state index contributed by atoms with van der Waals surface area (Å²) in [4.78, 5) is 14.2. The van der Waals surface area contributed by atoms with Crippen LogP contribution in [0.5, 0.6) is 0 Å². The largest absolute Gasteiger partial charge is 0.412 e. The molecule has 1 aliphatic rings. The third-order valence-electron chi connectivity index (χ3n) is 1.10. The Morgan fingerprint density at radius 3 is 3.00 bits per heavy atom. The number of nitrogens with zero attached hydrogens (tertiary/aromatic N) is 1. The second-order valence-electron chi connectivity index (χ2n) is 1.97. The molecule has 1 aliphatic heterocycles. The molecule has 3 nitrogen and oxygen atoms in total. The predicted molar refractivity (Wildman–Crippen MR) is 33.3 cm³/mol. The average Bonchev–Trinajstić information content (AvgIpc) is 2.15. The van der Waals surface area contributed by atoms with Gasteiger partial charge in [-0.1, -0.05) is 0 Å². The van der Waals surface area contributed by atoms with E-state index in [0.29, 0.717) is 5.90 Å². The van der Waals surface area contributed by atoms with Crippen LogP contribution in [0.1, 0.15) is 19.8 Å². The highest BCUT2D eigenvalue weighted by Gasteiger charge is 2.08. The smallest absolute Gasteiger partial charge is 0.309 e. The zero-order valence-corrected chi connectivity index (χ0v) is 5.39. The molecule has 0 radical (unpaired) electrons. The van der Waals surface area contributed by atoms with Crippen molar-refractivity contribution in [3.63, 3.8) is 0 Å². The number of esters is 1. The maximum absolute atomic E-state index is 10.3. The van der Waals surface area contributed by atoms with E-state index < -0.39 is 0 Å². The molecule has 0 unspecified atom stereocenters. The van der Waals surface area contributed by atoms with Gasteiger partial charge in [-0.05, 0) is 6.42 Å². The van der Waals surface area contributed by atoms with Crippen LogP contribution >= 0.6 is 0 Å². The van der Waals surface area contributed by atoms with Gasteiger partial charge >= 0.3 is 5.97 Å². The molecule has 1 heterocycles. The van der Waals surface area contributed by atoms with E-state index in [4.69, 9.17) is 4.74 Å². The van der Waals surface area contributed by atoms with E-state index in [1.54, 1.807) is 0 Å². The Labute approximate surface area is 53.7 Å². The summed E-state index contributed by atoms with van der Waals surface area (Å²) in [5.41, 5.74) is 0. The molecule has 50 valence electrons. The molecule has 0 aromatic carbocycles. The van der Waals surface area contributed by atoms with Gasteiger partial charge in [0.15, 0.2) is 5.90 Å². The topological polar surface area (TPSA) is 38.7 Å². The van der Waals surface area contributed by atoms with Crippen molar-refractivity contribution in [3.05, 3.63) is 0 Å². The van der Waals surface area contributed by atoms with Gasteiger partial charge in [0, 0.05) is 19.9 Å². The highest BCUT2D eigenvalue weighted by molar-refractivity contribution is 5.88. The summed E-state index contributed by atoms with van der Waals surface area (Å²) in [6.45, 7) is 2.20. The molecule has 0 atom stereocenters. The van der Waals surface area contributed by atoms with E-state index in [1.165, 1.54) is 6.92 Å². The molecule has 3 heteroatoms. The summed E-state index contributed by atoms with van der Waals surface area (Å²) < 4.78 is 4.72. The van der Waals surface area contributed by atoms with Crippen LogP contribution in [0.25, 0.3) is 0 Å². The highest BCUT2D eigenvalue weighted by atomic mass is 16.5. The minimum atomic E-state index is -0.268. The van der Waals surface area contributed by atoms with Crippen LogP contribution in [-0.4, -0.2) is 18.4 Å². The van der Waals surface area contributed by atoms with Gasteiger partial charge in [-0.3, -0.25) is 9.79 Å². The van der Waals surface area contributed by atoms with Crippen molar-refractivity contribution in [1.29, 1.82) is 0 Å². The summed E-state index contributed by atoms with van der Waals surface area (Å²) in [6, 6.07) is 0. The molecule has 0 aromatic heterocycles. The van der Waals surface area contributed by atoms with Gasteiger partial charge in [0.05, 0.1) is 0 Å². The van der Waals surface area contributed by atoms with Gasteiger partial charge in [-0.25, -0.2) is 0 Å². The van der Waals surface area contributed by atoms with Crippen molar-refractivity contribution in [1.82, 2.24) is 0 Å². The molecule has 0 spiro atoms. The Morgan fingerprint density at radius 2 is 2.56 bits per heavy atom. The van der Waals surface area contributed by atoms with E-state index in [-0.39, 0.29) is 5.97 Å². The third kappa shape index (κ3) is 1.83. The Kier molecular flexibility index (Phi) is 1.82. The van der Waals surface area contributed by atoms with Crippen LogP contribution in [0, 0.1) is 0 Å². The number of ether oxygens (including phenoxy) is 1. The van der Waals surface area contributed by atoms with Gasteiger partial charge in [0.2, 0.25) is 0 Å². The van der Waals surface area contributed by atoms with Crippen molar-refractivity contribution >= 4 is 11.9 Å². The lowest BCUT2D eigenvalue weighted by atomic mass is 10.4. The molecular formula is C6H9NO2. The quantitative estimate of drug-likeness (QED) is 0.450. The van der Waals surface area contributed by atoms with Crippen LogP contribution < -0.4 is 0 Å². The lowest BCUT2D eigenvalue weighted by Crippen LogP contribution is -2.05. The number of hydrogen-bond donors (Lipinski definition) is 0. The van der Waals surface area contributed by atoms with Gasteiger partial charge < -0.3 is 4.74 Å². The van der Waals surface area contributed by atoms with Crippen molar-refractivity contribution < 1.29 is 9.53 Å². The first-order valence-electron chi connectivity index (χ1n) is 3.01. The standard InChI is InChI=1S/C6H9NO2/c1-5(8)9-6-3-2-4-7-6/h2-4H2,1H3. The maximum Gasteiger partial charge on any atom is 0.309 e. The van der Waals surface area contributed by atoms with Crippen LogP contribution in [-0.2, 0) is 9.53 Å². The Bertz CT molecular complexity index is 151. The number of rotatable bonds is 0. The van der Waals surface area contributed by atoms with Crippen LogP contribution in [0.2, 0.25) is 0 Å². The molecule has 0 saturated heterocycles. The lowest BCUT2D eigenvalue weighted by Gasteiger charge is -1.95. The van der Waals surface area contributed by atoms with E-state index >= 15 is 0 Å². The second kappa shape index (κ2) is 2.62. The first-order chi connectivity index (χ1) is 4.29. The maximum atomic E-state index is 10.3. The van der Waals surface area contributed by atoms with Gasteiger partial charge in [-0.15, -0.1) is 0 Å². The van der Waals surface area contributed by atoms with Crippen LogP contribution in [0.4, 0.5) is 0 Å². The Hall–Kier alpha value is -0.860. The van der Waals surface area contributed by atoms with Crippen LogP contribution in [0.15, 0.2) is 4.99 Å².